The number of aliphatic hydroxyl groups is 1. The molecule has 0 aromatic carbocycles. The van der Waals surface area contributed by atoms with Gasteiger partial charge in [-0.2, -0.15) is 0 Å². The lowest BCUT2D eigenvalue weighted by molar-refractivity contribution is -0.121. The molecule has 1 aliphatic rings. The van der Waals surface area contributed by atoms with E-state index in [1.165, 1.54) is 0 Å². The lowest BCUT2D eigenvalue weighted by Crippen LogP contribution is -2.48. The lowest BCUT2D eigenvalue weighted by atomic mass is 9.80. The predicted molar refractivity (Wildman–Crippen MR) is 84.5 cm³/mol. The van der Waals surface area contributed by atoms with Crippen LogP contribution in [0.2, 0.25) is 0 Å². The fourth-order valence-corrected chi connectivity index (χ4v) is 2.70. The van der Waals surface area contributed by atoms with Crippen LogP contribution in [0.25, 0.3) is 0 Å². The van der Waals surface area contributed by atoms with Gasteiger partial charge in [0.05, 0.1) is 12.6 Å². The third-order valence-electron chi connectivity index (χ3n) is 4.43. The summed E-state index contributed by atoms with van der Waals surface area (Å²) in [6.45, 7) is 3.99. The van der Waals surface area contributed by atoms with Gasteiger partial charge >= 0.3 is 0 Å². The first-order chi connectivity index (χ1) is 10.6. The van der Waals surface area contributed by atoms with E-state index in [4.69, 9.17) is 4.74 Å². The van der Waals surface area contributed by atoms with Crippen molar-refractivity contribution in [1.29, 1.82) is 0 Å². The van der Waals surface area contributed by atoms with Gasteiger partial charge in [0.2, 0.25) is 5.91 Å². The smallest absolute Gasteiger partial charge is 0.242 e. The van der Waals surface area contributed by atoms with Gasteiger partial charge in [0.15, 0.2) is 0 Å². The van der Waals surface area contributed by atoms with E-state index in [0.29, 0.717) is 25.6 Å². The number of aromatic nitrogens is 1. The number of amides is 1. The number of carbonyl (C=O) groups is 1. The number of carbonyl (C=O) groups excluding carboxylic acids is 1. The second kappa shape index (κ2) is 7.67. The van der Waals surface area contributed by atoms with Crippen LogP contribution >= 0.6 is 0 Å². The first-order valence-electron chi connectivity index (χ1n) is 7.67. The molecule has 2 N–H and O–H groups in total. The maximum absolute atomic E-state index is 12.3. The fraction of sp³-hybridized carbons (Fsp3) is 0.625. The molecule has 22 heavy (non-hydrogen) atoms. The van der Waals surface area contributed by atoms with Gasteiger partial charge in [-0.05, 0) is 38.9 Å². The van der Waals surface area contributed by atoms with Gasteiger partial charge in [-0.15, -0.1) is 0 Å². The Bertz CT molecular complexity index is 475. The number of ether oxygens (including phenoxy) is 1. The number of rotatable bonds is 6. The minimum atomic E-state index is -0.298. The van der Waals surface area contributed by atoms with Crippen molar-refractivity contribution in [2.75, 3.05) is 38.7 Å². The molecule has 1 amide bonds. The van der Waals surface area contributed by atoms with Gasteiger partial charge in [0.1, 0.15) is 5.82 Å². The number of nitrogens with one attached hydrogen (secondary N) is 1. The molecule has 0 radical (unpaired) electrons. The fourth-order valence-electron chi connectivity index (χ4n) is 2.70. The van der Waals surface area contributed by atoms with E-state index in [0.717, 1.165) is 12.8 Å². The third kappa shape index (κ3) is 4.25. The second-order valence-electron chi connectivity index (χ2n) is 6.07. The number of nitrogens with zero attached hydrogens (tertiary/aromatic N) is 2. The van der Waals surface area contributed by atoms with E-state index in [1.54, 1.807) is 18.3 Å². The molecule has 0 saturated carbocycles. The number of hydrogen-bond acceptors (Lipinski definition) is 5. The zero-order valence-corrected chi connectivity index (χ0v) is 13.3. The summed E-state index contributed by atoms with van der Waals surface area (Å²) in [6.07, 6.45) is 3.29. The lowest BCUT2D eigenvalue weighted by Gasteiger charge is -2.39. The van der Waals surface area contributed by atoms with E-state index >= 15 is 0 Å². The van der Waals surface area contributed by atoms with Crippen molar-refractivity contribution in [3.63, 3.8) is 0 Å². The van der Waals surface area contributed by atoms with Crippen LogP contribution in [-0.4, -0.2) is 60.4 Å². The number of aliphatic hydroxyl groups excluding tert-OH is 1. The van der Waals surface area contributed by atoms with Crippen LogP contribution in [0.4, 0.5) is 5.82 Å². The van der Waals surface area contributed by atoms with Crippen LogP contribution in [0.3, 0.4) is 0 Å². The van der Waals surface area contributed by atoms with E-state index in [9.17, 15) is 9.90 Å². The van der Waals surface area contributed by atoms with Crippen molar-refractivity contribution in [3.8, 4) is 0 Å². The molecule has 6 heteroatoms. The van der Waals surface area contributed by atoms with E-state index in [-0.39, 0.29) is 24.0 Å². The molecule has 1 aliphatic heterocycles. The van der Waals surface area contributed by atoms with Crippen molar-refractivity contribution in [2.24, 2.45) is 5.41 Å². The second-order valence-corrected chi connectivity index (χ2v) is 6.07. The van der Waals surface area contributed by atoms with Crippen molar-refractivity contribution in [1.82, 2.24) is 9.88 Å². The van der Waals surface area contributed by atoms with Gasteiger partial charge < -0.3 is 15.2 Å². The topological polar surface area (TPSA) is 74.7 Å². The minimum absolute atomic E-state index is 0.0960. The summed E-state index contributed by atoms with van der Waals surface area (Å²) < 4.78 is 5.38. The summed E-state index contributed by atoms with van der Waals surface area (Å²) in [6, 6.07) is 5.10. The minimum Gasteiger partial charge on any atom is -0.396 e. The molecule has 0 aliphatic carbocycles. The average molecular weight is 307 g/mol. The van der Waals surface area contributed by atoms with Crippen LogP contribution in [0.15, 0.2) is 24.4 Å². The molecule has 1 fully saturated rings. The number of pyridine rings is 1. The highest BCUT2D eigenvalue weighted by atomic mass is 16.5. The molecule has 1 aromatic heterocycles. The van der Waals surface area contributed by atoms with Gasteiger partial charge in [-0.25, -0.2) is 4.98 Å². The predicted octanol–water partition coefficient (Wildman–Crippen LogP) is 1.13. The molecule has 0 unspecified atom stereocenters. The van der Waals surface area contributed by atoms with E-state index in [1.807, 2.05) is 24.9 Å². The highest BCUT2D eigenvalue weighted by Crippen LogP contribution is 2.31. The van der Waals surface area contributed by atoms with Crippen LogP contribution in [0, 0.1) is 5.41 Å². The Labute approximate surface area is 131 Å². The van der Waals surface area contributed by atoms with E-state index < -0.39 is 0 Å². The van der Waals surface area contributed by atoms with E-state index in [2.05, 4.69) is 10.3 Å². The molecule has 1 aromatic rings. The molecule has 122 valence electrons. The Morgan fingerprint density at radius 1 is 1.50 bits per heavy atom. The molecule has 6 nitrogen and oxygen atoms in total. The Balaban J connectivity index is 1.93. The van der Waals surface area contributed by atoms with Crippen LogP contribution < -0.4 is 5.32 Å². The number of anilines is 1. The molecular weight excluding hydrogens is 282 g/mol. The Morgan fingerprint density at radius 2 is 2.23 bits per heavy atom. The summed E-state index contributed by atoms with van der Waals surface area (Å²) in [4.78, 5) is 18.4. The Kier molecular flexibility index (Phi) is 5.88. The molecule has 0 spiro atoms. The van der Waals surface area contributed by atoms with Crippen LogP contribution in [0.5, 0.6) is 0 Å². The zero-order chi connectivity index (χ0) is 16.0. The largest absolute Gasteiger partial charge is 0.396 e. The molecule has 2 rings (SSSR count). The van der Waals surface area contributed by atoms with Gasteiger partial charge in [-0.1, -0.05) is 6.07 Å². The maximum atomic E-state index is 12.3. The maximum Gasteiger partial charge on any atom is 0.242 e. The molecule has 2 heterocycles. The Hall–Kier alpha value is -1.50. The molecule has 1 saturated heterocycles. The van der Waals surface area contributed by atoms with Crippen molar-refractivity contribution in [2.45, 2.75) is 25.8 Å². The van der Waals surface area contributed by atoms with Crippen molar-refractivity contribution in [3.05, 3.63) is 24.4 Å². The van der Waals surface area contributed by atoms with Crippen molar-refractivity contribution < 1.29 is 14.6 Å². The summed E-state index contributed by atoms with van der Waals surface area (Å²) in [5.41, 5.74) is -0.174. The summed E-state index contributed by atoms with van der Waals surface area (Å²) in [5.74, 6) is 0.456. The van der Waals surface area contributed by atoms with Crippen molar-refractivity contribution >= 4 is 11.7 Å². The third-order valence-corrected chi connectivity index (χ3v) is 4.43. The SMILES string of the molecule is C[C@@H](C(=O)Nc1ccccn1)N(C)CC1(CO)CCOCC1. The highest BCUT2D eigenvalue weighted by molar-refractivity contribution is 5.93. The quantitative estimate of drug-likeness (QED) is 0.824. The number of hydrogen-bond donors (Lipinski definition) is 2. The Morgan fingerprint density at radius 3 is 2.82 bits per heavy atom. The van der Waals surface area contributed by atoms with Gasteiger partial charge in [0, 0.05) is 31.4 Å². The summed E-state index contributed by atoms with van der Waals surface area (Å²) >= 11 is 0. The molecule has 1 atom stereocenters. The highest BCUT2D eigenvalue weighted by Gasteiger charge is 2.35. The summed E-state index contributed by atoms with van der Waals surface area (Å²) in [5, 5.41) is 12.6. The van der Waals surface area contributed by atoms with Gasteiger partial charge in [0.25, 0.3) is 0 Å². The molecule has 0 bridgehead atoms. The first-order valence-corrected chi connectivity index (χ1v) is 7.67. The van der Waals surface area contributed by atoms with Gasteiger partial charge in [-0.3, -0.25) is 9.69 Å². The first kappa shape index (κ1) is 16.9. The zero-order valence-electron chi connectivity index (χ0n) is 13.3. The monoisotopic (exact) mass is 307 g/mol. The standard InChI is InChI=1S/C16H25N3O3/c1-13(15(21)18-14-5-3-4-8-17-14)19(2)11-16(12-20)6-9-22-10-7-16/h3-5,8,13,20H,6-7,9-12H2,1-2H3,(H,17,18,21)/t13-/m0/s1. The van der Waals surface area contributed by atoms with Crippen LogP contribution in [-0.2, 0) is 9.53 Å². The summed E-state index contributed by atoms with van der Waals surface area (Å²) in [7, 11) is 1.91. The normalized spacial score (nSPS) is 18.9. The number of likely N-dealkylation sites (N-methyl/N-ethyl adjacent to an activating group) is 1. The molecular formula is C16H25N3O3. The average Bonchev–Trinajstić information content (AvgIpc) is 2.55. The van der Waals surface area contributed by atoms with Crippen LogP contribution in [0.1, 0.15) is 19.8 Å².